The van der Waals surface area contributed by atoms with Gasteiger partial charge in [-0.25, -0.2) is 4.98 Å². The maximum atomic E-state index is 5.96. The van der Waals surface area contributed by atoms with Crippen LogP contribution in [0, 0.1) is 0 Å². The fourth-order valence-electron chi connectivity index (χ4n) is 3.25. The van der Waals surface area contributed by atoms with Crippen LogP contribution in [0.5, 0.6) is 0 Å². The van der Waals surface area contributed by atoms with Crippen molar-refractivity contribution in [2.24, 2.45) is 0 Å². The fraction of sp³-hybridized carbons (Fsp3) is 0.316. The minimum atomic E-state index is 0.619. The Hall–Kier alpha value is -1.42. The zero-order valence-electron chi connectivity index (χ0n) is 12.9. The van der Waals surface area contributed by atoms with Crippen LogP contribution in [0.1, 0.15) is 29.3 Å². The van der Waals surface area contributed by atoms with Gasteiger partial charge in [-0.05, 0) is 55.8 Å². The van der Waals surface area contributed by atoms with Crippen LogP contribution >= 0.6 is 22.9 Å². The van der Waals surface area contributed by atoms with Crippen LogP contribution in [0.2, 0.25) is 5.02 Å². The lowest BCUT2D eigenvalue weighted by Crippen LogP contribution is -2.32. The van der Waals surface area contributed by atoms with Crippen LogP contribution in [0.25, 0.3) is 10.2 Å². The quantitative estimate of drug-likeness (QED) is 0.639. The topological polar surface area (TPSA) is 16.1 Å². The number of para-hydroxylation sites is 1. The maximum Gasteiger partial charge on any atom is 0.0970 e. The highest BCUT2D eigenvalue weighted by molar-refractivity contribution is 7.18. The van der Waals surface area contributed by atoms with Gasteiger partial charge in [0, 0.05) is 17.5 Å². The summed E-state index contributed by atoms with van der Waals surface area (Å²) in [7, 11) is 0. The molecule has 0 amide bonds. The summed E-state index contributed by atoms with van der Waals surface area (Å²) >= 11 is 7.82. The van der Waals surface area contributed by atoms with Gasteiger partial charge >= 0.3 is 0 Å². The van der Waals surface area contributed by atoms with Gasteiger partial charge in [-0.3, -0.25) is 4.90 Å². The van der Waals surface area contributed by atoms with Crippen LogP contribution < -0.4 is 0 Å². The molecule has 3 aromatic rings. The molecule has 4 rings (SSSR count). The molecule has 0 N–H and O–H groups in total. The predicted octanol–water partition coefficient (Wildman–Crippen LogP) is 5.33. The molecule has 2 nitrogen and oxygen atoms in total. The molecular formula is C19H19ClN2S. The first-order valence-electron chi connectivity index (χ1n) is 8.10. The Balaban J connectivity index is 1.39. The molecule has 4 heteroatoms. The van der Waals surface area contributed by atoms with E-state index in [2.05, 4.69) is 41.3 Å². The second-order valence-corrected chi connectivity index (χ2v) is 7.70. The molecule has 2 aromatic carbocycles. The second-order valence-electron chi connectivity index (χ2n) is 6.20. The molecule has 0 aliphatic carbocycles. The molecule has 1 aliphatic rings. The summed E-state index contributed by atoms with van der Waals surface area (Å²) in [5.74, 6) is 0.619. The van der Waals surface area contributed by atoms with Crippen molar-refractivity contribution >= 4 is 33.2 Å². The Morgan fingerprint density at radius 3 is 2.52 bits per heavy atom. The van der Waals surface area contributed by atoms with Gasteiger partial charge in [0.05, 0.1) is 15.2 Å². The Kier molecular flexibility index (Phi) is 4.34. The molecule has 0 spiro atoms. The maximum absolute atomic E-state index is 5.96. The number of nitrogens with zero attached hydrogens (tertiary/aromatic N) is 2. The number of likely N-dealkylation sites (tertiary alicyclic amines) is 1. The van der Waals surface area contributed by atoms with E-state index in [1.807, 2.05) is 23.5 Å². The normalized spacial score (nSPS) is 16.9. The summed E-state index contributed by atoms with van der Waals surface area (Å²) < 4.78 is 1.31. The van der Waals surface area contributed by atoms with Gasteiger partial charge < -0.3 is 0 Å². The number of halogens is 1. The van der Waals surface area contributed by atoms with Gasteiger partial charge in [0.2, 0.25) is 0 Å². The van der Waals surface area contributed by atoms with Crippen molar-refractivity contribution in [3.63, 3.8) is 0 Å². The third kappa shape index (κ3) is 3.42. The lowest BCUT2D eigenvalue weighted by Gasteiger charge is -2.31. The largest absolute Gasteiger partial charge is 0.299 e. The molecule has 118 valence electrons. The van der Waals surface area contributed by atoms with E-state index in [-0.39, 0.29) is 0 Å². The Morgan fingerprint density at radius 2 is 1.78 bits per heavy atom. The Labute approximate surface area is 145 Å². The van der Waals surface area contributed by atoms with Gasteiger partial charge in [-0.15, -0.1) is 11.3 Å². The monoisotopic (exact) mass is 342 g/mol. The molecule has 1 saturated heterocycles. The van der Waals surface area contributed by atoms with Crippen LogP contribution in [0.3, 0.4) is 0 Å². The number of fused-ring (bicyclic) bond motifs is 1. The average Bonchev–Trinajstić information content (AvgIpc) is 3.02. The molecule has 23 heavy (non-hydrogen) atoms. The van der Waals surface area contributed by atoms with Crippen molar-refractivity contribution in [1.29, 1.82) is 0 Å². The molecule has 1 aromatic heterocycles. The first kappa shape index (κ1) is 15.1. The SMILES string of the molecule is Clc1ccc(CN2CCC(c3nc4ccccc4s3)CC2)cc1. The number of aromatic nitrogens is 1. The Morgan fingerprint density at radius 1 is 1.04 bits per heavy atom. The summed E-state index contributed by atoms with van der Waals surface area (Å²) in [5.41, 5.74) is 2.49. The molecule has 1 fully saturated rings. The van der Waals surface area contributed by atoms with E-state index < -0.39 is 0 Å². The molecule has 0 saturated carbocycles. The van der Waals surface area contributed by atoms with Crippen molar-refractivity contribution in [2.75, 3.05) is 13.1 Å². The van der Waals surface area contributed by atoms with E-state index in [0.717, 1.165) is 30.2 Å². The highest BCUT2D eigenvalue weighted by Crippen LogP contribution is 2.34. The van der Waals surface area contributed by atoms with E-state index in [1.165, 1.54) is 28.1 Å². The van der Waals surface area contributed by atoms with E-state index in [0.29, 0.717) is 5.92 Å². The van der Waals surface area contributed by atoms with Crippen LogP contribution in [-0.4, -0.2) is 23.0 Å². The van der Waals surface area contributed by atoms with Gasteiger partial charge in [-0.1, -0.05) is 35.9 Å². The molecule has 0 atom stereocenters. The number of piperidine rings is 1. The number of rotatable bonds is 3. The molecule has 0 radical (unpaired) electrons. The number of hydrogen-bond acceptors (Lipinski definition) is 3. The lowest BCUT2D eigenvalue weighted by molar-refractivity contribution is 0.204. The van der Waals surface area contributed by atoms with Crippen LogP contribution in [0.15, 0.2) is 48.5 Å². The third-order valence-corrected chi connectivity index (χ3v) is 6.02. The standard InChI is InChI=1S/C19H19ClN2S/c20-16-7-5-14(6-8-16)13-22-11-9-15(10-12-22)19-21-17-3-1-2-4-18(17)23-19/h1-8,15H,9-13H2. The summed E-state index contributed by atoms with van der Waals surface area (Å²) in [6.45, 7) is 3.30. The van der Waals surface area contributed by atoms with Crippen molar-refractivity contribution < 1.29 is 0 Å². The van der Waals surface area contributed by atoms with Gasteiger partial charge in [0.1, 0.15) is 0 Å². The van der Waals surface area contributed by atoms with E-state index in [4.69, 9.17) is 16.6 Å². The van der Waals surface area contributed by atoms with Gasteiger partial charge in [-0.2, -0.15) is 0 Å². The minimum absolute atomic E-state index is 0.619. The van der Waals surface area contributed by atoms with Gasteiger partial charge in [0.25, 0.3) is 0 Å². The summed E-state index contributed by atoms with van der Waals surface area (Å²) in [6.07, 6.45) is 2.40. The predicted molar refractivity (Wildman–Crippen MR) is 98.3 cm³/mol. The van der Waals surface area contributed by atoms with Crippen LogP contribution in [0.4, 0.5) is 0 Å². The van der Waals surface area contributed by atoms with E-state index >= 15 is 0 Å². The molecule has 1 aliphatic heterocycles. The van der Waals surface area contributed by atoms with Crippen LogP contribution in [-0.2, 0) is 6.54 Å². The molecular weight excluding hydrogens is 324 g/mol. The van der Waals surface area contributed by atoms with Crippen molar-refractivity contribution in [2.45, 2.75) is 25.3 Å². The zero-order valence-corrected chi connectivity index (χ0v) is 14.5. The molecule has 0 unspecified atom stereocenters. The minimum Gasteiger partial charge on any atom is -0.299 e. The smallest absolute Gasteiger partial charge is 0.0970 e. The van der Waals surface area contributed by atoms with E-state index in [1.54, 1.807) is 0 Å². The fourth-order valence-corrected chi connectivity index (χ4v) is 4.51. The van der Waals surface area contributed by atoms with Crippen molar-refractivity contribution in [3.8, 4) is 0 Å². The third-order valence-electron chi connectivity index (χ3n) is 4.57. The van der Waals surface area contributed by atoms with Crippen molar-refractivity contribution in [1.82, 2.24) is 9.88 Å². The highest BCUT2D eigenvalue weighted by Gasteiger charge is 2.23. The Bertz CT molecular complexity index is 755. The van der Waals surface area contributed by atoms with Gasteiger partial charge in [0.15, 0.2) is 0 Å². The summed E-state index contributed by atoms with van der Waals surface area (Å²) in [4.78, 5) is 7.38. The average molecular weight is 343 g/mol. The summed E-state index contributed by atoms with van der Waals surface area (Å²) in [6, 6.07) is 16.7. The number of benzene rings is 2. The zero-order chi connectivity index (χ0) is 15.6. The second kappa shape index (κ2) is 6.60. The first-order chi connectivity index (χ1) is 11.3. The van der Waals surface area contributed by atoms with E-state index in [9.17, 15) is 0 Å². The lowest BCUT2D eigenvalue weighted by atomic mass is 9.97. The number of hydrogen-bond donors (Lipinski definition) is 0. The summed E-state index contributed by atoms with van der Waals surface area (Å²) in [5, 5.41) is 2.13. The molecule has 2 heterocycles. The number of thiazole rings is 1. The highest BCUT2D eigenvalue weighted by atomic mass is 35.5. The van der Waals surface area contributed by atoms with Crippen molar-refractivity contribution in [3.05, 3.63) is 64.1 Å². The molecule has 0 bridgehead atoms. The first-order valence-corrected chi connectivity index (χ1v) is 9.30.